The molecule has 0 saturated heterocycles. The van der Waals surface area contributed by atoms with Crippen LogP contribution in [-0.4, -0.2) is 0 Å². The van der Waals surface area contributed by atoms with Crippen molar-refractivity contribution in [2.24, 2.45) is 0 Å². The van der Waals surface area contributed by atoms with E-state index in [1.54, 1.807) is 0 Å². The van der Waals surface area contributed by atoms with Crippen molar-refractivity contribution in [2.45, 2.75) is 39.5 Å². The molecule has 3 nitrogen and oxygen atoms in total. The van der Waals surface area contributed by atoms with E-state index in [9.17, 15) is 0 Å². The Morgan fingerprint density at radius 3 is 2.88 bits per heavy atom. The molecule has 4 heteroatoms. The number of hydrogen-bond acceptors (Lipinski definition) is 2. The van der Waals surface area contributed by atoms with Gasteiger partial charge in [-0.05, 0) is 77.4 Å². The van der Waals surface area contributed by atoms with Crippen LogP contribution in [0.3, 0.4) is 0 Å². The van der Waals surface area contributed by atoms with Crippen molar-refractivity contribution in [3.63, 3.8) is 0 Å². The standard InChI is InChI=1S/C21H21INO2/c1-3-4-6-15-11-17(22)13-18(12-15)24-21-23-14(2)9-10-16-7-5-8-19(25-21)20(16)23/h5,7-13,21H,3-4,6H2,1-2H3/q+1/t21-/m0/s1. The van der Waals surface area contributed by atoms with Crippen molar-refractivity contribution < 1.29 is 14.0 Å². The first-order chi connectivity index (χ1) is 12.2. The third-order valence-electron chi connectivity index (χ3n) is 4.58. The molecule has 1 aliphatic rings. The van der Waals surface area contributed by atoms with Crippen LogP contribution in [0, 0.1) is 10.5 Å². The number of hydrogen-bond donors (Lipinski definition) is 0. The Morgan fingerprint density at radius 1 is 1.16 bits per heavy atom. The van der Waals surface area contributed by atoms with Gasteiger partial charge in [-0.2, -0.15) is 0 Å². The molecule has 0 aliphatic carbocycles. The summed E-state index contributed by atoms with van der Waals surface area (Å²) in [4.78, 5) is 0. The van der Waals surface area contributed by atoms with Gasteiger partial charge in [-0.25, -0.2) is 0 Å². The zero-order valence-electron chi connectivity index (χ0n) is 14.5. The van der Waals surface area contributed by atoms with Crippen LogP contribution in [0.1, 0.15) is 37.4 Å². The number of halogens is 1. The fourth-order valence-electron chi connectivity index (χ4n) is 3.33. The molecule has 3 aromatic rings. The fraction of sp³-hybridized carbons (Fsp3) is 0.286. The summed E-state index contributed by atoms with van der Waals surface area (Å²) >= 11 is 2.35. The molecule has 0 radical (unpaired) electrons. The van der Waals surface area contributed by atoms with Gasteiger partial charge in [0.05, 0.1) is 5.39 Å². The molecule has 25 heavy (non-hydrogen) atoms. The Morgan fingerprint density at radius 2 is 2.04 bits per heavy atom. The van der Waals surface area contributed by atoms with Crippen LogP contribution < -0.4 is 14.0 Å². The lowest BCUT2D eigenvalue weighted by atomic mass is 10.1. The molecular formula is C21H21INO2+. The first-order valence-electron chi connectivity index (χ1n) is 8.72. The number of rotatable bonds is 5. The van der Waals surface area contributed by atoms with Crippen LogP contribution in [0.4, 0.5) is 0 Å². The normalized spacial score (nSPS) is 15.4. The number of pyridine rings is 1. The summed E-state index contributed by atoms with van der Waals surface area (Å²) < 4.78 is 15.7. The average Bonchev–Trinajstić information content (AvgIpc) is 2.96. The smallest absolute Gasteiger partial charge is 0.401 e. The predicted octanol–water partition coefficient (Wildman–Crippen LogP) is 5.31. The van der Waals surface area contributed by atoms with Crippen LogP contribution in [0.5, 0.6) is 11.5 Å². The summed E-state index contributed by atoms with van der Waals surface area (Å²) in [5, 5.41) is 1.17. The maximum absolute atomic E-state index is 6.27. The van der Waals surface area contributed by atoms with Gasteiger partial charge in [0.2, 0.25) is 5.75 Å². The van der Waals surface area contributed by atoms with E-state index >= 15 is 0 Å². The number of aryl methyl sites for hydroxylation is 2. The van der Waals surface area contributed by atoms with E-state index < -0.39 is 6.41 Å². The molecule has 2 heterocycles. The molecule has 0 fully saturated rings. The predicted molar refractivity (Wildman–Crippen MR) is 107 cm³/mol. The number of ether oxygens (including phenoxy) is 2. The molecule has 0 bridgehead atoms. The highest BCUT2D eigenvalue weighted by atomic mass is 127. The molecule has 0 amide bonds. The van der Waals surface area contributed by atoms with Gasteiger partial charge in [0.1, 0.15) is 5.75 Å². The van der Waals surface area contributed by atoms with E-state index in [4.69, 9.17) is 9.47 Å². The SMILES string of the molecule is CCCCc1cc(I)cc(O[C@H]2Oc3cccc4ccc(C)[n+]2c34)c1. The highest BCUT2D eigenvalue weighted by Crippen LogP contribution is 2.32. The Labute approximate surface area is 161 Å². The highest BCUT2D eigenvalue weighted by molar-refractivity contribution is 14.1. The third kappa shape index (κ3) is 3.19. The van der Waals surface area contributed by atoms with Gasteiger partial charge in [-0.15, -0.1) is 4.57 Å². The minimum Gasteiger partial charge on any atom is -0.401 e. The zero-order chi connectivity index (χ0) is 17.4. The maximum Gasteiger partial charge on any atom is 0.468 e. The molecule has 0 saturated carbocycles. The Hall–Kier alpha value is -1.82. The quantitative estimate of drug-likeness (QED) is 0.392. The third-order valence-corrected chi connectivity index (χ3v) is 5.20. The molecule has 0 unspecified atom stereocenters. The topological polar surface area (TPSA) is 22.3 Å². The Balaban J connectivity index is 1.68. The Bertz CT molecular complexity index is 939. The molecule has 1 atom stereocenters. The van der Waals surface area contributed by atoms with Crippen LogP contribution in [0.25, 0.3) is 10.9 Å². The largest absolute Gasteiger partial charge is 0.468 e. The molecule has 128 valence electrons. The van der Waals surface area contributed by atoms with Gasteiger partial charge in [0.25, 0.3) is 5.52 Å². The highest BCUT2D eigenvalue weighted by Gasteiger charge is 2.37. The number of benzene rings is 2. The second-order valence-electron chi connectivity index (χ2n) is 6.48. The van der Waals surface area contributed by atoms with Crippen LogP contribution in [0.15, 0.2) is 48.5 Å². The van der Waals surface area contributed by atoms with Crippen molar-refractivity contribution in [1.82, 2.24) is 0 Å². The molecule has 0 spiro atoms. The summed E-state index contributed by atoms with van der Waals surface area (Å²) in [7, 11) is 0. The Kier molecular flexibility index (Phi) is 4.54. The molecule has 1 aromatic heterocycles. The van der Waals surface area contributed by atoms with E-state index in [-0.39, 0.29) is 0 Å². The summed E-state index contributed by atoms with van der Waals surface area (Å²) in [6.07, 6.45) is 3.01. The summed E-state index contributed by atoms with van der Waals surface area (Å²) in [5.74, 6) is 1.74. The van der Waals surface area contributed by atoms with Crippen molar-refractivity contribution in [3.8, 4) is 11.5 Å². The monoisotopic (exact) mass is 446 g/mol. The first kappa shape index (κ1) is 16.6. The lowest BCUT2D eigenvalue weighted by Gasteiger charge is -2.12. The van der Waals surface area contributed by atoms with Crippen molar-refractivity contribution in [1.29, 1.82) is 0 Å². The summed E-state index contributed by atoms with van der Waals surface area (Å²) in [5.41, 5.74) is 3.54. The minimum atomic E-state index is -0.460. The molecule has 0 N–H and O–H groups in total. The van der Waals surface area contributed by atoms with Gasteiger partial charge in [-0.3, -0.25) is 0 Å². The minimum absolute atomic E-state index is 0.460. The number of nitrogens with zero attached hydrogens (tertiary/aromatic N) is 1. The number of aromatic nitrogens is 1. The van der Waals surface area contributed by atoms with Crippen molar-refractivity contribution in [3.05, 3.63) is 63.4 Å². The van der Waals surface area contributed by atoms with Gasteiger partial charge in [0.15, 0.2) is 5.69 Å². The first-order valence-corrected chi connectivity index (χ1v) is 9.80. The summed E-state index contributed by atoms with van der Waals surface area (Å²) in [6.45, 7) is 4.30. The lowest BCUT2D eigenvalue weighted by molar-refractivity contribution is -0.758. The molecule has 1 aliphatic heterocycles. The van der Waals surface area contributed by atoms with Crippen molar-refractivity contribution in [2.75, 3.05) is 0 Å². The van der Waals surface area contributed by atoms with Crippen LogP contribution in [-0.2, 0) is 6.42 Å². The van der Waals surface area contributed by atoms with E-state index in [1.807, 2.05) is 12.1 Å². The zero-order valence-corrected chi connectivity index (χ0v) is 16.6. The van der Waals surface area contributed by atoms with Crippen LogP contribution >= 0.6 is 22.6 Å². The van der Waals surface area contributed by atoms with Gasteiger partial charge >= 0.3 is 6.41 Å². The van der Waals surface area contributed by atoms with Crippen LogP contribution in [0.2, 0.25) is 0 Å². The van der Waals surface area contributed by atoms with E-state index in [2.05, 4.69) is 77.4 Å². The molecule has 4 rings (SSSR count). The molecule has 2 aromatic carbocycles. The second kappa shape index (κ2) is 6.83. The lowest BCUT2D eigenvalue weighted by Crippen LogP contribution is -2.44. The van der Waals surface area contributed by atoms with Crippen molar-refractivity contribution >= 4 is 33.5 Å². The number of unbranched alkanes of at least 4 members (excludes halogenated alkanes) is 1. The van der Waals surface area contributed by atoms with Gasteiger partial charge in [-0.1, -0.05) is 19.4 Å². The molecular weight excluding hydrogens is 425 g/mol. The maximum atomic E-state index is 6.27. The summed E-state index contributed by atoms with van der Waals surface area (Å²) in [6, 6.07) is 16.8. The van der Waals surface area contributed by atoms with E-state index in [0.29, 0.717) is 0 Å². The van der Waals surface area contributed by atoms with Gasteiger partial charge < -0.3 is 9.47 Å². The fourth-order valence-corrected chi connectivity index (χ4v) is 4.04. The van der Waals surface area contributed by atoms with E-state index in [1.165, 1.54) is 27.4 Å². The second-order valence-corrected chi connectivity index (χ2v) is 7.73. The van der Waals surface area contributed by atoms with Gasteiger partial charge in [0, 0.05) is 16.6 Å². The number of para-hydroxylation sites is 1. The van der Waals surface area contributed by atoms with E-state index in [0.717, 1.165) is 29.1 Å². The average molecular weight is 446 g/mol.